The summed E-state index contributed by atoms with van der Waals surface area (Å²) in [6, 6.07) is 0. The Hall–Kier alpha value is -1.03. The summed E-state index contributed by atoms with van der Waals surface area (Å²) in [5.41, 5.74) is 3.74. The molecule has 0 radical (unpaired) electrons. The van der Waals surface area contributed by atoms with E-state index in [9.17, 15) is 4.79 Å². The zero-order valence-corrected chi connectivity index (χ0v) is 10.1. The van der Waals surface area contributed by atoms with Crippen molar-refractivity contribution in [2.75, 3.05) is 5.75 Å². The first-order valence-electron chi connectivity index (χ1n) is 5.43. The summed E-state index contributed by atoms with van der Waals surface area (Å²) in [6.45, 7) is 1.75. The second-order valence-electron chi connectivity index (χ2n) is 4.18. The Bertz CT molecular complexity index is 406. The molecule has 0 saturated heterocycles. The molecule has 0 aliphatic carbocycles. The topological polar surface area (TPSA) is 50.2 Å². The number of nitrogens with zero attached hydrogens (tertiary/aromatic N) is 1. The molecule has 0 fully saturated rings. The third-order valence-electron chi connectivity index (χ3n) is 2.94. The highest BCUT2D eigenvalue weighted by Gasteiger charge is 2.18. The number of fused-ring (bicyclic) bond motifs is 1. The second-order valence-corrected chi connectivity index (χ2v) is 5.29. The van der Waals surface area contributed by atoms with Crippen LogP contribution in [0.4, 0.5) is 0 Å². The lowest BCUT2D eigenvalue weighted by Crippen LogP contribution is -2.15. The van der Waals surface area contributed by atoms with Crippen LogP contribution in [0.3, 0.4) is 0 Å². The highest BCUT2D eigenvalue weighted by atomic mass is 32.2. The summed E-state index contributed by atoms with van der Waals surface area (Å²) in [5.74, 6) is 1.08. The molecule has 0 amide bonds. The fourth-order valence-corrected chi connectivity index (χ4v) is 2.94. The molecule has 1 atom stereocenters. The van der Waals surface area contributed by atoms with Gasteiger partial charge in [-0.1, -0.05) is 6.92 Å². The maximum absolute atomic E-state index is 10.8. The monoisotopic (exact) mass is 237 g/mol. The van der Waals surface area contributed by atoms with E-state index in [1.54, 1.807) is 6.92 Å². The SMILES string of the molecule is CC(Cc1cncc2c1CCSC2)C(=O)O. The van der Waals surface area contributed by atoms with E-state index in [2.05, 4.69) is 4.98 Å². The minimum atomic E-state index is -0.734. The number of hydrogen-bond donors (Lipinski definition) is 1. The fraction of sp³-hybridized carbons (Fsp3) is 0.500. The highest BCUT2D eigenvalue weighted by Crippen LogP contribution is 2.27. The van der Waals surface area contributed by atoms with Crippen LogP contribution in [0, 0.1) is 5.92 Å². The van der Waals surface area contributed by atoms with Crippen molar-refractivity contribution in [2.45, 2.75) is 25.5 Å². The first-order chi connectivity index (χ1) is 7.68. The lowest BCUT2D eigenvalue weighted by molar-refractivity contribution is -0.141. The van der Waals surface area contributed by atoms with Gasteiger partial charge in [0.25, 0.3) is 0 Å². The molecule has 1 aromatic rings. The Labute approximate surface area is 99.3 Å². The number of aromatic nitrogens is 1. The van der Waals surface area contributed by atoms with Crippen molar-refractivity contribution in [1.29, 1.82) is 0 Å². The van der Waals surface area contributed by atoms with E-state index >= 15 is 0 Å². The number of hydrogen-bond acceptors (Lipinski definition) is 3. The Morgan fingerprint density at radius 1 is 1.62 bits per heavy atom. The number of rotatable bonds is 3. The number of aliphatic carboxylic acids is 1. The predicted molar refractivity (Wildman–Crippen MR) is 64.6 cm³/mol. The number of carbonyl (C=O) groups is 1. The summed E-state index contributed by atoms with van der Waals surface area (Å²) in [5, 5.41) is 8.92. The summed E-state index contributed by atoms with van der Waals surface area (Å²) in [4.78, 5) is 15.1. The molecule has 2 heterocycles. The Kier molecular flexibility index (Phi) is 3.49. The van der Waals surface area contributed by atoms with Crippen LogP contribution in [-0.4, -0.2) is 21.8 Å². The van der Waals surface area contributed by atoms with Gasteiger partial charge in [-0.2, -0.15) is 11.8 Å². The first kappa shape index (κ1) is 11.5. The highest BCUT2D eigenvalue weighted by molar-refractivity contribution is 7.98. The van der Waals surface area contributed by atoms with Crippen LogP contribution in [0.1, 0.15) is 23.6 Å². The van der Waals surface area contributed by atoms with Gasteiger partial charge in [0.15, 0.2) is 0 Å². The van der Waals surface area contributed by atoms with Crippen molar-refractivity contribution < 1.29 is 9.90 Å². The van der Waals surface area contributed by atoms with Crippen molar-refractivity contribution >= 4 is 17.7 Å². The second kappa shape index (κ2) is 4.87. The summed E-state index contributed by atoms with van der Waals surface area (Å²) in [6.07, 6.45) is 5.38. The van der Waals surface area contributed by atoms with Crippen molar-refractivity contribution in [3.05, 3.63) is 29.1 Å². The van der Waals surface area contributed by atoms with Crippen LogP contribution >= 0.6 is 11.8 Å². The standard InChI is InChI=1S/C12H15NO2S/c1-8(12(14)15)4-9-5-13-6-10-7-16-3-2-11(9)10/h5-6,8H,2-4,7H2,1H3,(H,14,15). The molecule has 1 aliphatic heterocycles. The Morgan fingerprint density at radius 3 is 3.19 bits per heavy atom. The molecule has 1 N–H and O–H groups in total. The van der Waals surface area contributed by atoms with Gasteiger partial charge in [0.05, 0.1) is 5.92 Å². The minimum Gasteiger partial charge on any atom is -0.481 e. The molecule has 1 aliphatic rings. The van der Waals surface area contributed by atoms with Gasteiger partial charge in [-0.3, -0.25) is 9.78 Å². The van der Waals surface area contributed by atoms with Crippen molar-refractivity contribution in [3.63, 3.8) is 0 Å². The molecule has 0 aromatic carbocycles. The van der Waals surface area contributed by atoms with Gasteiger partial charge in [-0.25, -0.2) is 0 Å². The fourth-order valence-electron chi connectivity index (χ4n) is 1.97. The molecule has 0 bridgehead atoms. The molecule has 1 unspecified atom stereocenters. The average Bonchev–Trinajstić information content (AvgIpc) is 2.29. The van der Waals surface area contributed by atoms with Gasteiger partial charge in [0.1, 0.15) is 0 Å². The Morgan fingerprint density at radius 2 is 2.44 bits per heavy atom. The van der Waals surface area contributed by atoms with Crippen LogP contribution in [0.2, 0.25) is 0 Å². The zero-order chi connectivity index (χ0) is 11.5. The molecule has 0 saturated carbocycles. The normalized spacial score (nSPS) is 16.6. The number of carboxylic acids is 1. The number of pyridine rings is 1. The van der Waals surface area contributed by atoms with Crippen molar-refractivity contribution in [1.82, 2.24) is 4.98 Å². The van der Waals surface area contributed by atoms with Crippen LogP contribution in [0.15, 0.2) is 12.4 Å². The number of carboxylic acid groups (broad SMARTS) is 1. The summed E-state index contributed by atoms with van der Waals surface area (Å²) < 4.78 is 0. The first-order valence-corrected chi connectivity index (χ1v) is 6.59. The summed E-state index contributed by atoms with van der Waals surface area (Å²) >= 11 is 1.92. The van der Waals surface area contributed by atoms with Crippen LogP contribution < -0.4 is 0 Å². The van der Waals surface area contributed by atoms with E-state index in [0.29, 0.717) is 6.42 Å². The van der Waals surface area contributed by atoms with E-state index in [4.69, 9.17) is 5.11 Å². The molecule has 86 valence electrons. The molecular weight excluding hydrogens is 222 g/mol. The van der Waals surface area contributed by atoms with Gasteiger partial charge < -0.3 is 5.11 Å². The third kappa shape index (κ3) is 2.38. The summed E-state index contributed by atoms with van der Waals surface area (Å²) in [7, 11) is 0. The van der Waals surface area contributed by atoms with E-state index in [1.165, 1.54) is 11.1 Å². The van der Waals surface area contributed by atoms with Crippen molar-refractivity contribution in [3.8, 4) is 0 Å². The van der Waals surface area contributed by atoms with E-state index in [-0.39, 0.29) is 5.92 Å². The average molecular weight is 237 g/mol. The van der Waals surface area contributed by atoms with Gasteiger partial charge in [0, 0.05) is 18.1 Å². The maximum Gasteiger partial charge on any atom is 0.306 e. The van der Waals surface area contributed by atoms with Gasteiger partial charge in [-0.05, 0) is 35.3 Å². The smallest absolute Gasteiger partial charge is 0.306 e. The number of thioether (sulfide) groups is 1. The predicted octanol–water partition coefficient (Wildman–Crippen LogP) is 2.13. The van der Waals surface area contributed by atoms with Gasteiger partial charge in [-0.15, -0.1) is 0 Å². The third-order valence-corrected chi connectivity index (χ3v) is 3.95. The molecule has 16 heavy (non-hydrogen) atoms. The van der Waals surface area contributed by atoms with E-state index in [0.717, 1.165) is 23.5 Å². The lowest BCUT2D eigenvalue weighted by atomic mass is 9.95. The van der Waals surface area contributed by atoms with Crippen LogP contribution in [-0.2, 0) is 23.4 Å². The molecule has 1 aromatic heterocycles. The van der Waals surface area contributed by atoms with Gasteiger partial charge in [0.2, 0.25) is 0 Å². The maximum atomic E-state index is 10.8. The molecule has 3 nitrogen and oxygen atoms in total. The van der Waals surface area contributed by atoms with Crippen molar-refractivity contribution in [2.24, 2.45) is 5.92 Å². The van der Waals surface area contributed by atoms with E-state index < -0.39 is 5.97 Å². The van der Waals surface area contributed by atoms with Crippen LogP contribution in [0.5, 0.6) is 0 Å². The molecule has 2 rings (SSSR count). The molecule has 4 heteroatoms. The largest absolute Gasteiger partial charge is 0.481 e. The molecular formula is C12H15NO2S. The quantitative estimate of drug-likeness (QED) is 0.875. The van der Waals surface area contributed by atoms with E-state index in [1.807, 2.05) is 24.2 Å². The Balaban J connectivity index is 2.24. The lowest BCUT2D eigenvalue weighted by Gasteiger charge is -2.19. The van der Waals surface area contributed by atoms with Crippen LogP contribution in [0.25, 0.3) is 0 Å². The van der Waals surface area contributed by atoms with Gasteiger partial charge >= 0.3 is 5.97 Å². The minimum absolute atomic E-state index is 0.331. The molecule has 0 spiro atoms. The zero-order valence-electron chi connectivity index (χ0n) is 9.27.